The SMILES string of the molecule is CCNc1cc(N2CCSC(C)C2)nc(C(F)(F)F)n1. The highest BCUT2D eigenvalue weighted by molar-refractivity contribution is 8.00. The molecule has 1 aromatic rings. The molecule has 1 unspecified atom stereocenters. The van der Waals surface area contributed by atoms with Gasteiger partial charge < -0.3 is 10.2 Å². The maximum Gasteiger partial charge on any atom is 0.451 e. The molecule has 1 saturated heterocycles. The smallest absolute Gasteiger partial charge is 0.370 e. The van der Waals surface area contributed by atoms with Crippen molar-refractivity contribution in [3.8, 4) is 0 Å². The molecule has 1 atom stereocenters. The summed E-state index contributed by atoms with van der Waals surface area (Å²) in [5.41, 5.74) is 0. The van der Waals surface area contributed by atoms with Crippen molar-refractivity contribution < 1.29 is 13.2 Å². The summed E-state index contributed by atoms with van der Waals surface area (Å²) in [5, 5.41) is 3.21. The molecule has 1 aliphatic heterocycles. The van der Waals surface area contributed by atoms with E-state index >= 15 is 0 Å². The van der Waals surface area contributed by atoms with Gasteiger partial charge in [0.15, 0.2) is 0 Å². The minimum Gasteiger partial charge on any atom is -0.370 e. The maximum atomic E-state index is 12.9. The third-order valence-corrected chi connectivity index (χ3v) is 4.03. The number of hydrogen-bond donors (Lipinski definition) is 1. The first-order valence-corrected chi connectivity index (χ1v) is 7.51. The van der Waals surface area contributed by atoms with E-state index in [4.69, 9.17) is 0 Å². The first kappa shape index (κ1) is 15.2. The van der Waals surface area contributed by atoms with Crippen LogP contribution in [0, 0.1) is 0 Å². The number of nitrogens with one attached hydrogen (secondary N) is 1. The number of nitrogens with zero attached hydrogens (tertiary/aromatic N) is 3. The topological polar surface area (TPSA) is 41.0 Å². The highest BCUT2D eigenvalue weighted by Gasteiger charge is 2.36. The number of rotatable bonds is 3. The van der Waals surface area contributed by atoms with Crippen LogP contribution in [-0.2, 0) is 6.18 Å². The summed E-state index contributed by atoms with van der Waals surface area (Å²) in [6.45, 7) is 5.79. The molecular formula is C12H17F3N4S. The third-order valence-electron chi connectivity index (χ3n) is 2.89. The average Bonchev–Trinajstić information content (AvgIpc) is 2.38. The number of alkyl halides is 3. The molecule has 8 heteroatoms. The Morgan fingerprint density at radius 3 is 2.80 bits per heavy atom. The predicted molar refractivity (Wildman–Crippen MR) is 75.3 cm³/mol. The molecule has 1 fully saturated rings. The fourth-order valence-electron chi connectivity index (χ4n) is 2.02. The van der Waals surface area contributed by atoms with Gasteiger partial charge in [-0.3, -0.25) is 0 Å². The molecule has 1 N–H and O–H groups in total. The molecule has 0 aliphatic carbocycles. The summed E-state index contributed by atoms with van der Waals surface area (Å²) in [6.07, 6.45) is -4.53. The maximum absolute atomic E-state index is 12.9. The van der Waals surface area contributed by atoms with Gasteiger partial charge in [0, 0.05) is 36.7 Å². The van der Waals surface area contributed by atoms with Crippen LogP contribution in [0.5, 0.6) is 0 Å². The first-order chi connectivity index (χ1) is 9.40. The molecule has 0 radical (unpaired) electrons. The second-order valence-electron chi connectivity index (χ2n) is 4.59. The molecule has 0 amide bonds. The molecule has 0 spiro atoms. The first-order valence-electron chi connectivity index (χ1n) is 6.47. The van der Waals surface area contributed by atoms with E-state index in [1.54, 1.807) is 6.07 Å². The van der Waals surface area contributed by atoms with Gasteiger partial charge in [0.1, 0.15) is 11.6 Å². The van der Waals surface area contributed by atoms with E-state index in [-0.39, 0.29) is 5.82 Å². The zero-order valence-corrected chi connectivity index (χ0v) is 12.2. The van der Waals surface area contributed by atoms with Crippen LogP contribution < -0.4 is 10.2 Å². The Bertz CT molecular complexity index is 467. The number of halogens is 3. The zero-order valence-electron chi connectivity index (χ0n) is 11.4. The molecule has 20 heavy (non-hydrogen) atoms. The number of hydrogen-bond acceptors (Lipinski definition) is 5. The van der Waals surface area contributed by atoms with E-state index in [2.05, 4.69) is 22.2 Å². The largest absolute Gasteiger partial charge is 0.451 e. The van der Waals surface area contributed by atoms with Gasteiger partial charge in [-0.2, -0.15) is 24.9 Å². The van der Waals surface area contributed by atoms with Crippen molar-refractivity contribution >= 4 is 23.4 Å². The standard InChI is InChI=1S/C12H17F3N4S/c1-3-16-9-6-10(18-11(17-9)12(13,14)15)19-4-5-20-8(2)7-19/h6,8H,3-5,7H2,1-2H3,(H,16,17,18). The van der Waals surface area contributed by atoms with Crippen molar-refractivity contribution in [2.24, 2.45) is 0 Å². The van der Waals surface area contributed by atoms with Crippen LogP contribution in [0.15, 0.2) is 6.07 Å². The van der Waals surface area contributed by atoms with Crippen molar-refractivity contribution in [3.63, 3.8) is 0 Å². The molecule has 0 bridgehead atoms. The van der Waals surface area contributed by atoms with Gasteiger partial charge in [-0.05, 0) is 6.92 Å². The van der Waals surface area contributed by atoms with Crippen LogP contribution in [0.25, 0.3) is 0 Å². The van der Waals surface area contributed by atoms with Crippen molar-refractivity contribution in [3.05, 3.63) is 11.9 Å². The molecule has 0 saturated carbocycles. The highest BCUT2D eigenvalue weighted by Crippen LogP contribution is 2.30. The lowest BCUT2D eigenvalue weighted by Crippen LogP contribution is -2.37. The fourth-order valence-corrected chi connectivity index (χ4v) is 3.03. The van der Waals surface area contributed by atoms with Gasteiger partial charge in [-0.1, -0.05) is 6.92 Å². The van der Waals surface area contributed by atoms with Crippen molar-refractivity contribution in [2.45, 2.75) is 25.3 Å². The number of aromatic nitrogens is 2. The Labute approximate surface area is 120 Å². The monoisotopic (exact) mass is 306 g/mol. The van der Waals surface area contributed by atoms with Crippen LogP contribution in [0.3, 0.4) is 0 Å². The lowest BCUT2D eigenvalue weighted by Gasteiger charge is -2.31. The summed E-state index contributed by atoms with van der Waals surface area (Å²) in [6, 6.07) is 1.58. The van der Waals surface area contributed by atoms with E-state index < -0.39 is 12.0 Å². The van der Waals surface area contributed by atoms with Crippen molar-refractivity contribution in [1.82, 2.24) is 9.97 Å². The molecular weight excluding hydrogens is 289 g/mol. The van der Waals surface area contributed by atoms with Gasteiger partial charge in [-0.25, -0.2) is 9.97 Å². The van der Waals surface area contributed by atoms with E-state index in [0.717, 1.165) is 5.75 Å². The van der Waals surface area contributed by atoms with E-state index in [1.807, 2.05) is 23.6 Å². The molecule has 1 aliphatic rings. The average molecular weight is 306 g/mol. The minimum atomic E-state index is -4.53. The van der Waals surface area contributed by atoms with Crippen LogP contribution in [0.2, 0.25) is 0 Å². The molecule has 2 rings (SSSR count). The molecule has 4 nitrogen and oxygen atoms in total. The van der Waals surface area contributed by atoms with Crippen molar-refractivity contribution in [2.75, 3.05) is 35.6 Å². The Balaban J connectivity index is 2.33. The van der Waals surface area contributed by atoms with Gasteiger partial charge in [0.05, 0.1) is 0 Å². The second-order valence-corrected chi connectivity index (χ2v) is 6.14. The normalized spacial score (nSPS) is 20.1. The lowest BCUT2D eigenvalue weighted by molar-refractivity contribution is -0.144. The Morgan fingerprint density at radius 1 is 1.45 bits per heavy atom. The highest BCUT2D eigenvalue weighted by atomic mass is 32.2. The van der Waals surface area contributed by atoms with Crippen LogP contribution in [0.1, 0.15) is 19.7 Å². The van der Waals surface area contributed by atoms with Crippen molar-refractivity contribution in [1.29, 1.82) is 0 Å². The molecule has 2 heterocycles. The van der Waals surface area contributed by atoms with Crippen LogP contribution in [-0.4, -0.2) is 40.6 Å². The molecule has 0 aromatic carbocycles. The number of thioether (sulfide) groups is 1. The third kappa shape index (κ3) is 3.68. The summed E-state index contributed by atoms with van der Waals surface area (Å²) >= 11 is 1.82. The Hall–Kier alpha value is -1.18. The quantitative estimate of drug-likeness (QED) is 0.930. The van der Waals surface area contributed by atoms with Gasteiger partial charge in [-0.15, -0.1) is 0 Å². The Morgan fingerprint density at radius 2 is 2.20 bits per heavy atom. The summed E-state index contributed by atoms with van der Waals surface area (Å²) in [7, 11) is 0. The predicted octanol–water partition coefficient (Wildman–Crippen LogP) is 2.87. The van der Waals surface area contributed by atoms with E-state index in [9.17, 15) is 13.2 Å². The van der Waals surface area contributed by atoms with E-state index in [0.29, 0.717) is 30.7 Å². The minimum absolute atomic E-state index is 0.218. The van der Waals surface area contributed by atoms with Gasteiger partial charge in [0.2, 0.25) is 5.82 Å². The fraction of sp³-hybridized carbons (Fsp3) is 0.667. The number of anilines is 2. The Kier molecular flexibility index (Phi) is 4.62. The zero-order chi connectivity index (χ0) is 14.8. The summed E-state index contributed by atoms with van der Waals surface area (Å²) < 4.78 is 38.6. The summed E-state index contributed by atoms with van der Waals surface area (Å²) in [4.78, 5) is 9.10. The lowest BCUT2D eigenvalue weighted by atomic mass is 10.3. The second kappa shape index (κ2) is 6.07. The van der Waals surface area contributed by atoms with Gasteiger partial charge in [0.25, 0.3) is 0 Å². The van der Waals surface area contributed by atoms with Crippen LogP contribution in [0.4, 0.5) is 24.8 Å². The summed E-state index contributed by atoms with van der Waals surface area (Å²) in [5.74, 6) is 0.367. The van der Waals surface area contributed by atoms with E-state index in [1.165, 1.54) is 0 Å². The molecule has 1 aromatic heterocycles. The molecule has 112 valence electrons. The van der Waals surface area contributed by atoms with Crippen LogP contribution >= 0.6 is 11.8 Å². The van der Waals surface area contributed by atoms with Gasteiger partial charge >= 0.3 is 6.18 Å².